The van der Waals surface area contributed by atoms with Gasteiger partial charge >= 0.3 is 11.9 Å². The Hall–Kier alpha value is -3.82. The molecule has 0 saturated heterocycles. The van der Waals surface area contributed by atoms with Crippen LogP contribution in [0.5, 0.6) is 0 Å². The van der Waals surface area contributed by atoms with E-state index in [1.165, 1.54) is 48.5 Å². The second kappa shape index (κ2) is 7.06. The molecule has 10 nitrogen and oxygen atoms in total. The molecule has 28 heavy (non-hydrogen) atoms. The first-order valence-corrected chi connectivity index (χ1v) is 8.16. The van der Waals surface area contributed by atoms with Gasteiger partial charge in [0.25, 0.3) is 11.4 Å². The van der Waals surface area contributed by atoms with Gasteiger partial charge in [0.1, 0.15) is 0 Å². The van der Waals surface area contributed by atoms with Gasteiger partial charge in [-0.2, -0.15) is 0 Å². The van der Waals surface area contributed by atoms with Crippen molar-refractivity contribution in [2.75, 3.05) is 0 Å². The van der Waals surface area contributed by atoms with Crippen LogP contribution in [0.4, 0.5) is 11.4 Å². The Morgan fingerprint density at radius 3 is 1.18 bits per heavy atom. The Morgan fingerprint density at radius 1 is 0.679 bits per heavy atom. The minimum Gasteiger partial charge on any atom is -0.481 e. The normalized spacial score (nSPS) is 23.4. The van der Waals surface area contributed by atoms with Crippen LogP contribution in [0.25, 0.3) is 0 Å². The topological polar surface area (TPSA) is 161 Å². The van der Waals surface area contributed by atoms with Crippen LogP contribution in [0.3, 0.4) is 0 Å². The first-order chi connectivity index (χ1) is 13.2. The number of nitro groups is 2. The van der Waals surface area contributed by atoms with E-state index in [2.05, 4.69) is 0 Å². The van der Waals surface area contributed by atoms with E-state index in [0.29, 0.717) is 11.1 Å². The number of non-ortho nitro benzene ring substituents is 2. The van der Waals surface area contributed by atoms with Crippen molar-refractivity contribution in [3.05, 3.63) is 79.9 Å². The van der Waals surface area contributed by atoms with Crippen molar-refractivity contribution in [3.63, 3.8) is 0 Å². The predicted molar refractivity (Wildman–Crippen MR) is 93.9 cm³/mol. The molecule has 0 amide bonds. The molecule has 4 unspecified atom stereocenters. The van der Waals surface area contributed by atoms with Gasteiger partial charge in [-0.15, -0.1) is 0 Å². The number of hydrogen-bond donors (Lipinski definition) is 2. The summed E-state index contributed by atoms with van der Waals surface area (Å²) in [5.74, 6) is -6.48. The lowest BCUT2D eigenvalue weighted by Crippen LogP contribution is -2.51. The number of rotatable bonds is 6. The van der Waals surface area contributed by atoms with Crippen molar-refractivity contribution in [2.45, 2.75) is 11.8 Å². The lowest BCUT2D eigenvalue weighted by atomic mass is 9.52. The minimum absolute atomic E-state index is 0.170. The molecule has 0 spiro atoms. The molecule has 0 radical (unpaired) electrons. The Balaban J connectivity index is 2.04. The highest BCUT2D eigenvalue weighted by molar-refractivity contribution is 5.85. The highest BCUT2D eigenvalue weighted by Gasteiger charge is 2.58. The summed E-state index contributed by atoms with van der Waals surface area (Å²) in [5.41, 5.74) is 0.575. The molecule has 0 aromatic heterocycles. The van der Waals surface area contributed by atoms with Crippen LogP contribution >= 0.6 is 0 Å². The molecule has 1 aliphatic carbocycles. The standard InChI is InChI=1S/C18H14N2O8/c21-17(22)15-13(9-1-5-11(6-2-9)19(25)26)14(16(15)18(23)24)10-3-7-12(8-4-10)20(27)28/h1-8,13-16H,(H,21,22)(H,23,24). The van der Waals surface area contributed by atoms with Crippen molar-refractivity contribution < 1.29 is 29.6 Å². The quantitative estimate of drug-likeness (QED) is 0.566. The van der Waals surface area contributed by atoms with Gasteiger partial charge in [-0.1, -0.05) is 24.3 Å². The molecule has 2 N–H and O–H groups in total. The largest absolute Gasteiger partial charge is 0.481 e. The van der Waals surface area contributed by atoms with Crippen molar-refractivity contribution in [3.8, 4) is 0 Å². The van der Waals surface area contributed by atoms with Gasteiger partial charge in [-0.05, 0) is 11.1 Å². The van der Waals surface area contributed by atoms with E-state index in [-0.39, 0.29) is 11.4 Å². The summed E-state index contributed by atoms with van der Waals surface area (Å²) in [5, 5.41) is 40.8. The predicted octanol–water partition coefficient (Wildman–Crippen LogP) is 2.79. The summed E-state index contributed by atoms with van der Waals surface area (Å²) in [7, 11) is 0. The number of carboxylic acids is 2. The van der Waals surface area contributed by atoms with E-state index in [9.17, 15) is 40.0 Å². The minimum atomic E-state index is -1.28. The average Bonchev–Trinajstić information content (AvgIpc) is 2.61. The third-order valence-electron chi connectivity index (χ3n) is 5.10. The molecule has 1 fully saturated rings. The monoisotopic (exact) mass is 386 g/mol. The zero-order valence-electron chi connectivity index (χ0n) is 14.2. The molecule has 1 saturated carbocycles. The van der Waals surface area contributed by atoms with Gasteiger partial charge < -0.3 is 10.2 Å². The summed E-state index contributed by atoms with van der Waals surface area (Å²) in [6.45, 7) is 0. The summed E-state index contributed by atoms with van der Waals surface area (Å²) >= 11 is 0. The fourth-order valence-corrected chi connectivity index (χ4v) is 3.83. The van der Waals surface area contributed by atoms with Gasteiger partial charge in [0.15, 0.2) is 0 Å². The van der Waals surface area contributed by atoms with E-state index < -0.39 is 45.5 Å². The first-order valence-electron chi connectivity index (χ1n) is 8.16. The number of carbonyl (C=O) groups is 2. The SMILES string of the molecule is O=C(O)C1C(C(=O)O)C(c2ccc([N+](=O)[O-])cc2)C1c1ccc([N+](=O)[O-])cc1. The molecule has 0 heterocycles. The lowest BCUT2D eigenvalue weighted by Gasteiger charge is -2.48. The Labute approximate surface area is 157 Å². The first kappa shape index (κ1) is 19.0. The van der Waals surface area contributed by atoms with Gasteiger partial charge in [0.05, 0.1) is 21.7 Å². The molecular formula is C18H14N2O8. The second-order valence-electron chi connectivity index (χ2n) is 6.48. The van der Waals surface area contributed by atoms with Crippen LogP contribution in [0.1, 0.15) is 23.0 Å². The zero-order valence-corrected chi connectivity index (χ0v) is 14.2. The van der Waals surface area contributed by atoms with Crippen LogP contribution in [-0.4, -0.2) is 32.0 Å². The molecule has 144 valence electrons. The smallest absolute Gasteiger partial charge is 0.308 e. The van der Waals surface area contributed by atoms with Gasteiger partial charge in [-0.25, -0.2) is 0 Å². The molecule has 0 bridgehead atoms. The fraction of sp³-hybridized carbons (Fsp3) is 0.222. The summed E-state index contributed by atoms with van der Waals surface area (Å²) in [6.07, 6.45) is 0. The zero-order chi connectivity index (χ0) is 20.6. The number of carboxylic acid groups (broad SMARTS) is 2. The number of benzene rings is 2. The van der Waals surface area contributed by atoms with Crippen molar-refractivity contribution in [1.82, 2.24) is 0 Å². The molecule has 1 aliphatic rings. The third-order valence-corrected chi connectivity index (χ3v) is 5.10. The number of aliphatic carboxylic acids is 2. The van der Waals surface area contributed by atoms with Crippen LogP contribution in [0.15, 0.2) is 48.5 Å². The van der Waals surface area contributed by atoms with E-state index >= 15 is 0 Å². The van der Waals surface area contributed by atoms with E-state index in [4.69, 9.17) is 0 Å². The van der Waals surface area contributed by atoms with Gasteiger partial charge in [-0.3, -0.25) is 29.8 Å². The van der Waals surface area contributed by atoms with Crippen molar-refractivity contribution >= 4 is 23.3 Å². The molecule has 4 atom stereocenters. The summed E-state index contributed by atoms with van der Waals surface area (Å²) < 4.78 is 0. The van der Waals surface area contributed by atoms with Crippen LogP contribution in [0, 0.1) is 32.1 Å². The highest BCUT2D eigenvalue weighted by atomic mass is 16.6. The third kappa shape index (κ3) is 3.15. The van der Waals surface area contributed by atoms with Crippen LogP contribution < -0.4 is 0 Å². The molecule has 10 heteroatoms. The maximum atomic E-state index is 11.7. The Bertz CT molecular complexity index is 875. The second-order valence-corrected chi connectivity index (χ2v) is 6.48. The highest BCUT2D eigenvalue weighted by Crippen LogP contribution is 2.58. The van der Waals surface area contributed by atoms with Gasteiger partial charge in [0.2, 0.25) is 0 Å². The number of hydrogen-bond acceptors (Lipinski definition) is 6. The molecule has 0 aliphatic heterocycles. The maximum Gasteiger partial charge on any atom is 0.308 e. The van der Waals surface area contributed by atoms with Crippen molar-refractivity contribution in [1.29, 1.82) is 0 Å². The van der Waals surface area contributed by atoms with Crippen molar-refractivity contribution in [2.24, 2.45) is 11.8 Å². The van der Waals surface area contributed by atoms with E-state index in [1.54, 1.807) is 0 Å². The fourth-order valence-electron chi connectivity index (χ4n) is 3.83. The average molecular weight is 386 g/mol. The molecule has 2 aromatic carbocycles. The van der Waals surface area contributed by atoms with E-state index in [1.807, 2.05) is 0 Å². The molecular weight excluding hydrogens is 372 g/mol. The summed E-state index contributed by atoms with van der Waals surface area (Å²) in [4.78, 5) is 43.9. The Morgan fingerprint density at radius 2 is 0.964 bits per heavy atom. The molecule has 2 aromatic rings. The van der Waals surface area contributed by atoms with Gasteiger partial charge in [0, 0.05) is 36.1 Å². The maximum absolute atomic E-state index is 11.7. The lowest BCUT2D eigenvalue weighted by molar-refractivity contribution is -0.385. The molecule has 3 rings (SSSR count). The number of nitrogens with zero attached hydrogens (tertiary/aromatic N) is 2. The Kier molecular flexibility index (Phi) is 4.78. The van der Waals surface area contributed by atoms with Crippen LogP contribution in [-0.2, 0) is 9.59 Å². The summed E-state index contributed by atoms with van der Waals surface area (Å²) in [6, 6.07) is 10.6. The van der Waals surface area contributed by atoms with Crippen LogP contribution in [0.2, 0.25) is 0 Å². The van der Waals surface area contributed by atoms with E-state index in [0.717, 1.165) is 0 Å². The number of nitro benzene ring substituents is 2.